The van der Waals surface area contributed by atoms with Crippen molar-refractivity contribution in [2.24, 2.45) is 0 Å². The maximum Gasteiger partial charge on any atom is 0.0648 e. The van der Waals surface area contributed by atoms with Crippen LogP contribution in [0.15, 0.2) is 163 Å². The van der Waals surface area contributed by atoms with Crippen LogP contribution in [0.25, 0.3) is 53.6 Å². The number of anilines is 3. The number of fused-ring (bicyclic) bond motifs is 6. The van der Waals surface area contributed by atoms with Crippen molar-refractivity contribution in [1.29, 1.82) is 0 Å². The van der Waals surface area contributed by atoms with Crippen molar-refractivity contribution < 1.29 is 37.0 Å². The fourth-order valence-corrected chi connectivity index (χ4v) is 6.58. The van der Waals surface area contributed by atoms with Crippen molar-refractivity contribution in [3.63, 3.8) is 0 Å². The molecule has 9 rings (SSSR count). The highest BCUT2D eigenvalue weighted by atomic mass is 32.1. The second-order valence-corrected chi connectivity index (χ2v) is 11.9. The summed E-state index contributed by atoms with van der Waals surface area (Å²) in [5.74, 6) is 0. The quantitative estimate of drug-likeness (QED) is 0.180. The summed E-state index contributed by atoms with van der Waals surface area (Å²) in [6.07, 6.45) is 0. The van der Waals surface area contributed by atoms with Crippen molar-refractivity contribution >= 4 is 48.6 Å². The van der Waals surface area contributed by atoms with Crippen molar-refractivity contribution in [3.05, 3.63) is 174 Å². The highest BCUT2D eigenvalue weighted by Crippen LogP contribution is 2.52. The van der Waals surface area contributed by atoms with E-state index < -0.39 is 219 Å². The first-order valence-corrected chi connectivity index (χ1v) is 14.9. The first-order chi connectivity index (χ1) is 34.3. The van der Waals surface area contributed by atoms with E-state index in [1.165, 1.54) is 13.8 Å². The van der Waals surface area contributed by atoms with Gasteiger partial charge in [-0.2, -0.15) is 0 Å². The van der Waals surface area contributed by atoms with Crippen LogP contribution in [0.2, 0.25) is 0 Å². The van der Waals surface area contributed by atoms with Gasteiger partial charge < -0.3 is 4.90 Å². The molecule has 1 heterocycles. The highest BCUT2D eigenvalue weighted by molar-refractivity contribution is 7.26. The number of hydrogen-bond acceptors (Lipinski definition) is 2. The van der Waals surface area contributed by atoms with Crippen LogP contribution >= 0.6 is 11.3 Å². The minimum absolute atomic E-state index is 0.0802. The van der Waals surface area contributed by atoms with Crippen molar-refractivity contribution in [2.45, 2.75) is 19.3 Å². The highest BCUT2D eigenvalue weighted by Gasteiger charge is 2.35. The van der Waals surface area contributed by atoms with Crippen molar-refractivity contribution in [3.8, 4) is 33.4 Å². The van der Waals surface area contributed by atoms with E-state index in [1.54, 1.807) is 0 Å². The van der Waals surface area contributed by atoms with Crippen molar-refractivity contribution in [2.75, 3.05) is 4.90 Å². The average Bonchev–Trinajstić information content (AvgIpc) is 3.87. The second kappa shape index (κ2) is 10.8. The van der Waals surface area contributed by atoms with Gasteiger partial charge in [-0.1, -0.05) is 129 Å². The molecule has 0 saturated heterocycles. The zero-order chi connectivity index (χ0) is 55.0. The Morgan fingerprint density at radius 2 is 1.11 bits per heavy atom. The van der Waals surface area contributed by atoms with E-state index >= 15 is 0 Å². The molecule has 224 valence electrons. The lowest BCUT2D eigenvalue weighted by atomic mass is 9.82. The Morgan fingerprint density at radius 3 is 1.87 bits per heavy atom. The summed E-state index contributed by atoms with van der Waals surface area (Å²) in [7, 11) is 0. The summed E-state index contributed by atoms with van der Waals surface area (Å²) < 4.78 is 242. The molecule has 0 amide bonds. The SMILES string of the molecule is [2H]c1c([2H])c([2H])c(-c2c([2H])c([2H])c(N(c3c([2H])c([2H])c4c(c3[2H])C(C)(C)c3c([2H])c([2H])c([2H])c([2H])c3-4)c3c([2H])c([2H])c([2H])c4sc5c([2H])c([2H])c(-c6c([2H])c([2H])c([2H])c([2H])c6[2H])c([2H])c5c34)c([2H])c2[2H])c([2H])c1[2H]. The maximum absolute atomic E-state index is 10.1. The molecule has 0 bridgehead atoms. The first kappa shape index (κ1) is 11.7. The molecule has 0 radical (unpaired) electrons. The largest absolute Gasteiger partial charge is 0.310 e. The summed E-state index contributed by atoms with van der Waals surface area (Å²) in [6, 6.07) is -23.3. The van der Waals surface area contributed by atoms with E-state index in [4.69, 9.17) is 23.3 Å². The number of nitrogens with zero attached hydrogens (tertiary/aromatic N) is 1. The first-order valence-electron chi connectivity index (χ1n) is 27.6. The molecule has 8 aromatic rings. The molecule has 0 aliphatic heterocycles. The minimum Gasteiger partial charge on any atom is -0.310 e. The Kier molecular flexibility index (Phi) is 2.69. The topological polar surface area (TPSA) is 3.24 Å². The van der Waals surface area contributed by atoms with Gasteiger partial charge in [-0.15, -0.1) is 11.3 Å². The van der Waals surface area contributed by atoms with E-state index in [0.29, 0.717) is 16.2 Å². The Balaban J connectivity index is 1.54. The van der Waals surface area contributed by atoms with Gasteiger partial charge in [0.1, 0.15) is 0 Å². The summed E-state index contributed by atoms with van der Waals surface area (Å²) >= 11 is 0.548. The monoisotopic (exact) mass is 646 g/mol. The number of rotatable bonds is 5. The number of benzene rings is 7. The molecule has 0 unspecified atom stereocenters. The molecule has 1 nitrogen and oxygen atoms in total. The molecule has 0 N–H and O–H groups in total. The summed E-state index contributed by atoms with van der Waals surface area (Å²) in [4.78, 5) is 0.639. The number of thiophene rings is 1. The number of hydrogen-bond donors (Lipinski definition) is 0. The summed E-state index contributed by atoms with van der Waals surface area (Å²) in [5.41, 5.74) is -8.00. The van der Waals surface area contributed by atoms with Crippen LogP contribution in [0.5, 0.6) is 0 Å². The van der Waals surface area contributed by atoms with Crippen LogP contribution in [-0.4, -0.2) is 0 Å². The van der Waals surface area contributed by atoms with E-state index in [1.807, 2.05) is 0 Å². The summed E-state index contributed by atoms with van der Waals surface area (Å²) in [6.45, 7) is 2.94. The summed E-state index contributed by atoms with van der Waals surface area (Å²) in [5, 5.41) is -0.967. The maximum atomic E-state index is 10.1. The normalized spacial score (nSPS) is 21.1. The fraction of sp³-hybridized carbons (Fsp3) is 0.0667. The molecule has 0 spiro atoms. The lowest BCUT2D eigenvalue weighted by Crippen LogP contribution is -2.16. The molecule has 2 heteroatoms. The molecular weight excluding hydrogens is 587 g/mol. The Bertz CT molecular complexity index is 3890. The molecule has 1 aliphatic rings. The predicted octanol–water partition coefficient (Wildman–Crippen LogP) is 13.2. The van der Waals surface area contributed by atoms with Gasteiger partial charge in [-0.25, -0.2) is 0 Å². The second-order valence-electron chi connectivity index (χ2n) is 10.9. The van der Waals surface area contributed by atoms with Gasteiger partial charge in [0.05, 0.1) is 42.7 Å². The lowest BCUT2D eigenvalue weighted by molar-refractivity contribution is 0.660. The van der Waals surface area contributed by atoms with Crippen LogP contribution in [0.1, 0.15) is 62.0 Å². The Hall–Kier alpha value is -5.44. The molecule has 0 saturated carbocycles. The van der Waals surface area contributed by atoms with Crippen LogP contribution in [0, 0.1) is 0 Å². The van der Waals surface area contributed by atoms with Gasteiger partial charge in [0, 0.05) is 37.0 Å². The van der Waals surface area contributed by atoms with Crippen LogP contribution in [0.4, 0.5) is 17.1 Å². The third-order valence-corrected chi connectivity index (χ3v) is 8.84. The van der Waals surface area contributed by atoms with E-state index in [9.17, 15) is 13.7 Å². The van der Waals surface area contributed by atoms with Gasteiger partial charge in [0.25, 0.3) is 0 Å². The molecule has 0 atom stereocenters. The molecule has 1 aromatic heterocycles. The molecule has 47 heavy (non-hydrogen) atoms. The van der Waals surface area contributed by atoms with Crippen LogP contribution in [-0.2, 0) is 5.41 Å². The van der Waals surface area contributed by atoms with E-state index in [2.05, 4.69) is 0 Å². The molecule has 0 fully saturated rings. The average molecular weight is 647 g/mol. The standard InChI is InChI=1S/C45H33NS/c1-45(2)39-17-10-9-16-36(39)37-26-25-35(29-40(37)45)46(34-23-20-32(21-24-34)30-12-5-3-6-13-30)41-18-11-19-43-44(41)38-28-33(22-27-42(38)47-43)31-14-7-4-8-15-31/h3-29H,1-2H3/i3D,4D,5D,6D,7D,8D,9D,10D,11D,12D,13D,14D,15D,16D,17D,18D,19D,20D,21D,22D,23D,24D,25D,26D,27D,28D,29D. The smallest absolute Gasteiger partial charge is 0.0648 e. The van der Waals surface area contributed by atoms with Gasteiger partial charge in [-0.05, 0) is 92.8 Å². The van der Waals surface area contributed by atoms with Crippen LogP contribution in [0.3, 0.4) is 0 Å². The van der Waals surface area contributed by atoms with Crippen molar-refractivity contribution in [1.82, 2.24) is 0 Å². The Morgan fingerprint density at radius 1 is 0.489 bits per heavy atom. The molecule has 7 aromatic carbocycles. The third-order valence-electron chi connectivity index (χ3n) is 7.82. The van der Waals surface area contributed by atoms with E-state index in [-0.39, 0.29) is 31.7 Å². The molecule has 1 aliphatic carbocycles. The van der Waals surface area contributed by atoms with Crippen LogP contribution < -0.4 is 4.90 Å². The zero-order valence-corrected chi connectivity index (χ0v) is 25.2. The van der Waals surface area contributed by atoms with Gasteiger partial charge in [0.2, 0.25) is 0 Å². The van der Waals surface area contributed by atoms with Gasteiger partial charge in [0.15, 0.2) is 0 Å². The zero-order valence-electron chi connectivity index (χ0n) is 51.4. The molecular formula is C45H33NS. The Labute approximate surface area is 318 Å². The fourth-order valence-electron chi connectivity index (χ4n) is 5.62. The minimum atomic E-state index is -1.64. The third kappa shape index (κ3) is 4.52. The lowest BCUT2D eigenvalue weighted by Gasteiger charge is -2.29. The van der Waals surface area contributed by atoms with Gasteiger partial charge >= 0.3 is 0 Å². The van der Waals surface area contributed by atoms with E-state index in [0.717, 1.165) is 0 Å². The van der Waals surface area contributed by atoms with Gasteiger partial charge in [-0.3, -0.25) is 0 Å². The predicted molar refractivity (Wildman–Crippen MR) is 202 cm³/mol.